The van der Waals surface area contributed by atoms with E-state index < -0.39 is 47.9 Å². The fraction of sp³-hybridized carbons (Fsp3) is 0.423. The van der Waals surface area contributed by atoms with Gasteiger partial charge in [-0.2, -0.15) is 12.6 Å². The number of nitrogens with two attached hydrogens (primary N) is 1. The predicted molar refractivity (Wildman–Crippen MR) is 149 cm³/mol. The van der Waals surface area contributed by atoms with Crippen LogP contribution in [0.4, 0.5) is 0 Å². The molecule has 1 aromatic carbocycles. The maximum Gasteiger partial charge on any atom is 0.327 e. The lowest BCUT2D eigenvalue weighted by Crippen LogP contribution is -2.58. The van der Waals surface area contributed by atoms with Gasteiger partial charge in [0.15, 0.2) is 0 Å². The van der Waals surface area contributed by atoms with E-state index in [-0.39, 0.29) is 30.9 Å². The summed E-state index contributed by atoms with van der Waals surface area (Å²) in [5.41, 5.74) is 8.44. The molecule has 13 heteroatoms. The van der Waals surface area contributed by atoms with Crippen molar-refractivity contribution >= 4 is 47.2 Å². The van der Waals surface area contributed by atoms with Crippen molar-refractivity contribution in [3.8, 4) is 0 Å². The van der Waals surface area contributed by atoms with Gasteiger partial charge in [-0.3, -0.25) is 14.4 Å². The second-order valence-corrected chi connectivity index (χ2v) is 10.2. The van der Waals surface area contributed by atoms with Crippen molar-refractivity contribution < 1.29 is 24.3 Å². The second-order valence-electron chi connectivity index (χ2n) is 9.78. The van der Waals surface area contributed by atoms with Gasteiger partial charge >= 0.3 is 5.97 Å². The number of hydrogen-bond donors (Lipinski definition) is 8. The van der Waals surface area contributed by atoms with Gasteiger partial charge in [0.1, 0.15) is 18.1 Å². The summed E-state index contributed by atoms with van der Waals surface area (Å²) in [6, 6.07) is 3.30. The molecule has 12 nitrogen and oxygen atoms in total. The Morgan fingerprint density at radius 3 is 2.28 bits per heavy atom. The number of aliphatic carboxylic acids is 1. The molecule has 4 unspecified atom stereocenters. The zero-order chi connectivity index (χ0) is 28.5. The zero-order valence-electron chi connectivity index (χ0n) is 21.8. The van der Waals surface area contributed by atoms with E-state index in [1.165, 1.54) is 6.33 Å². The second kappa shape index (κ2) is 13.8. The van der Waals surface area contributed by atoms with Gasteiger partial charge in [0, 0.05) is 47.6 Å². The topological polar surface area (TPSA) is 195 Å². The van der Waals surface area contributed by atoms with Crippen LogP contribution in [-0.2, 0) is 32.0 Å². The number of aromatic nitrogens is 3. The van der Waals surface area contributed by atoms with E-state index in [4.69, 9.17) is 5.73 Å². The van der Waals surface area contributed by atoms with E-state index in [9.17, 15) is 24.3 Å². The number of hydrogen-bond acceptors (Lipinski definition) is 7. The summed E-state index contributed by atoms with van der Waals surface area (Å²) in [6.45, 7) is 3.75. The Bertz CT molecular complexity index is 1280. The first kappa shape index (κ1) is 29.7. The molecular formula is C26H35N7O5S. The lowest BCUT2D eigenvalue weighted by molar-refractivity contribution is -0.141. The van der Waals surface area contributed by atoms with Gasteiger partial charge in [-0.25, -0.2) is 9.78 Å². The first-order valence-corrected chi connectivity index (χ1v) is 13.2. The number of carboxylic acids is 1. The average molecular weight is 558 g/mol. The number of carbonyl (C=O) groups excluding carboxylic acids is 3. The van der Waals surface area contributed by atoms with E-state index in [1.807, 2.05) is 38.1 Å². The van der Waals surface area contributed by atoms with Crippen LogP contribution in [-0.4, -0.2) is 73.7 Å². The molecule has 0 aliphatic rings. The fourth-order valence-corrected chi connectivity index (χ4v) is 4.41. The molecule has 2 aromatic heterocycles. The monoisotopic (exact) mass is 557 g/mol. The normalized spacial score (nSPS) is 14.4. The molecule has 0 bridgehead atoms. The van der Waals surface area contributed by atoms with Crippen LogP contribution in [0.3, 0.4) is 0 Å². The summed E-state index contributed by atoms with van der Waals surface area (Å²) < 4.78 is 0. The number of imidazole rings is 1. The molecule has 0 fully saturated rings. The molecule has 2 heterocycles. The van der Waals surface area contributed by atoms with Crippen LogP contribution < -0.4 is 21.7 Å². The number of rotatable bonds is 14. The third-order valence-electron chi connectivity index (χ3n) is 6.20. The molecule has 3 rings (SSSR count). The summed E-state index contributed by atoms with van der Waals surface area (Å²) in [6.07, 6.45) is 5.38. The summed E-state index contributed by atoms with van der Waals surface area (Å²) in [7, 11) is 0. The van der Waals surface area contributed by atoms with Gasteiger partial charge in [-0.1, -0.05) is 32.0 Å². The highest BCUT2D eigenvalue weighted by molar-refractivity contribution is 7.80. The summed E-state index contributed by atoms with van der Waals surface area (Å²) in [5.74, 6) is -3.13. The fourth-order valence-electron chi connectivity index (χ4n) is 4.17. The Morgan fingerprint density at radius 1 is 0.974 bits per heavy atom. The van der Waals surface area contributed by atoms with Gasteiger partial charge in [0.05, 0.1) is 12.4 Å². The Kier molecular flexibility index (Phi) is 10.5. The largest absolute Gasteiger partial charge is 0.480 e. The molecule has 4 atom stereocenters. The number of amides is 3. The quantitative estimate of drug-likeness (QED) is 0.132. The number of nitrogens with one attached hydrogen (secondary N) is 5. The van der Waals surface area contributed by atoms with Crippen LogP contribution in [0.2, 0.25) is 0 Å². The van der Waals surface area contributed by atoms with Crippen molar-refractivity contribution in [2.45, 2.75) is 57.3 Å². The standard InChI is InChI=1S/C26H35N7O5S/c1-14(2)7-20(24(35)33-22(12-39)26(37)38)32-25(36)21(8-15-10-29-19-6-4-3-5-17(15)19)31-23(34)18(27)9-16-11-28-13-30-16/h3-6,10-11,13-14,18,20-22,29,39H,7-9,12,27H2,1-2H3,(H,28,30)(H,31,34)(H,32,36)(H,33,35)(H,37,38). The SMILES string of the molecule is CC(C)CC(NC(=O)C(Cc1c[nH]c2ccccc12)NC(=O)C(N)Cc1cnc[nH]1)C(=O)NC(CS)C(=O)O. The Balaban J connectivity index is 1.82. The lowest BCUT2D eigenvalue weighted by Gasteiger charge is -2.26. The minimum atomic E-state index is -1.23. The van der Waals surface area contributed by atoms with Crippen molar-refractivity contribution in [1.29, 1.82) is 0 Å². The van der Waals surface area contributed by atoms with Crippen molar-refractivity contribution in [3.63, 3.8) is 0 Å². The maximum atomic E-state index is 13.6. The summed E-state index contributed by atoms with van der Waals surface area (Å²) >= 11 is 3.99. The van der Waals surface area contributed by atoms with Crippen molar-refractivity contribution in [3.05, 3.63) is 54.2 Å². The number of thiol groups is 1. The number of aromatic amines is 2. The maximum absolute atomic E-state index is 13.6. The molecule has 0 aliphatic carbocycles. The van der Waals surface area contributed by atoms with E-state index in [1.54, 1.807) is 12.4 Å². The average Bonchev–Trinajstić information content (AvgIpc) is 3.55. The molecule has 210 valence electrons. The Morgan fingerprint density at radius 2 is 1.64 bits per heavy atom. The first-order valence-electron chi connectivity index (χ1n) is 12.6. The van der Waals surface area contributed by atoms with Crippen LogP contribution >= 0.6 is 12.6 Å². The molecule has 3 amide bonds. The summed E-state index contributed by atoms with van der Waals surface area (Å²) in [4.78, 5) is 60.9. The number of nitrogens with zero attached hydrogens (tertiary/aromatic N) is 1. The third-order valence-corrected chi connectivity index (χ3v) is 6.57. The number of benzene rings is 1. The minimum Gasteiger partial charge on any atom is -0.480 e. The minimum absolute atomic E-state index is 0.00446. The zero-order valence-corrected chi connectivity index (χ0v) is 22.7. The van der Waals surface area contributed by atoms with Gasteiger partial charge in [-0.15, -0.1) is 0 Å². The van der Waals surface area contributed by atoms with E-state index in [0.29, 0.717) is 5.69 Å². The van der Waals surface area contributed by atoms with Crippen molar-refractivity contribution in [2.75, 3.05) is 5.75 Å². The molecule has 0 saturated heterocycles. The van der Waals surface area contributed by atoms with Crippen LogP contribution in [0.1, 0.15) is 31.5 Å². The van der Waals surface area contributed by atoms with Crippen molar-refractivity contribution in [1.82, 2.24) is 30.9 Å². The van der Waals surface area contributed by atoms with Gasteiger partial charge < -0.3 is 36.8 Å². The predicted octanol–water partition coefficient (Wildman–Crippen LogP) is 0.518. The number of carbonyl (C=O) groups is 4. The van der Waals surface area contributed by atoms with E-state index in [2.05, 4.69) is 43.5 Å². The van der Waals surface area contributed by atoms with Crippen LogP contribution in [0.25, 0.3) is 10.9 Å². The smallest absolute Gasteiger partial charge is 0.327 e. The van der Waals surface area contributed by atoms with E-state index >= 15 is 0 Å². The highest BCUT2D eigenvalue weighted by atomic mass is 32.1. The first-order chi connectivity index (χ1) is 18.6. The number of H-pyrrole nitrogens is 2. The highest BCUT2D eigenvalue weighted by Gasteiger charge is 2.31. The van der Waals surface area contributed by atoms with Crippen molar-refractivity contribution in [2.24, 2.45) is 11.7 Å². The number of fused-ring (bicyclic) bond motifs is 1. The van der Waals surface area contributed by atoms with E-state index in [0.717, 1.165) is 16.5 Å². The number of para-hydroxylation sites is 1. The van der Waals surface area contributed by atoms with Crippen LogP contribution in [0.15, 0.2) is 43.0 Å². The van der Waals surface area contributed by atoms with Gasteiger partial charge in [-0.05, 0) is 24.0 Å². The lowest BCUT2D eigenvalue weighted by atomic mass is 10.00. The van der Waals surface area contributed by atoms with Crippen LogP contribution in [0, 0.1) is 5.92 Å². The molecule has 0 aliphatic heterocycles. The molecule has 0 radical (unpaired) electrons. The molecule has 8 N–H and O–H groups in total. The third kappa shape index (κ3) is 8.32. The van der Waals surface area contributed by atoms with Gasteiger partial charge in [0.25, 0.3) is 0 Å². The highest BCUT2D eigenvalue weighted by Crippen LogP contribution is 2.19. The molecule has 0 saturated carbocycles. The molecule has 3 aromatic rings. The summed E-state index contributed by atoms with van der Waals surface area (Å²) in [5, 5.41) is 18.1. The Labute approximate surface area is 231 Å². The molecular weight excluding hydrogens is 522 g/mol. The molecule has 0 spiro atoms. The Hall–Kier alpha value is -3.84. The van der Waals surface area contributed by atoms with Gasteiger partial charge in [0.2, 0.25) is 17.7 Å². The number of carboxylic acid groups (broad SMARTS) is 1. The molecule has 39 heavy (non-hydrogen) atoms. The van der Waals surface area contributed by atoms with Crippen LogP contribution in [0.5, 0.6) is 0 Å².